The van der Waals surface area contributed by atoms with Gasteiger partial charge in [-0.05, 0) is 19.3 Å². The first-order chi connectivity index (χ1) is 9.33. The SMILES string of the molecule is FC(F)(F)Oc1cc(Cl)c(OCCCCCBr)c(Cl)c1. The van der Waals surface area contributed by atoms with E-state index in [9.17, 15) is 13.2 Å². The van der Waals surface area contributed by atoms with Crippen LogP contribution in [0.3, 0.4) is 0 Å². The third-order valence-corrected chi connectivity index (χ3v) is 3.35. The Morgan fingerprint density at radius 2 is 1.65 bits per heavy atom. The maximum atomic E-state index is 12.1. The molecule has 0 saturated heterocycles. The highest BCUT2D eigenvalue weighted by Crippen LogP contribution is 2.38. The molecule has 20 heavy (non-hydrogen) atoms. The minimum absolute atomic E-state index is 0.0164. The van der Waals surface area contributed by atoms with Gasteiger partial charge in [0, 0.05) is 17.5 Å². The summed E-state index contributed by atoms with van der Waals surface area (Å²) in [6, 6.07) is 2.05. The third-order valence-electron chi connectivity index (χ3n) is 2.23. The summed E-state index contributed by atoms with van der Waals surface area (Å²) in [6.45, 7) is 0.395. The molecular formula is C12H12BrCl2F3O2. The van der Waals surface area contributed by atoms with Gasteiger partial charge in [0.25, 0.3) is 0 Å². The fraction of sp³-hybridized carbons (Fsp3) is 0.500. The van der Waals surface area contributed by atoms with E-state index in [0.717, 1.165) is 36.7 Å². The Balaban J connectivity index is 2.64. The van der Waals surface area contributed by atoms with E-state index >= 15 is 0 Å². The summed E-state index contributed by atoms with van der Waals surface area (Å²) in [5.41, 5.74) is 0. The van der Waals surface area contributed by atoms with E-state index in [-0.39, 0.29) is 15.8 Å². The summed E-state index contributed by atoms with van der Waals surface area (Å²) in [5.74, 6) is -0.305. The van der Waals surface area contributed by atoms with Crippen molar-refractivity contribution in [3.8, 4) is 11.5 Å². The fourth-order valence-electron chi connectivity index (χ4n) is 1.41. The number of benzene rings is 1. The van der Waals surface area contributed by atoms with Gasteiger partial charge in [-0.25, -0.2) is 0 Å². The van der Waals surface area contributed by atoms with Crippen LogP contribution in [0.4, 0.5) is 13.2 Å². The van der Waals surface area contributed by atoms with Crippen molar-refractivity contribution in [3.05, 3.63) is 22.2 Å². The predicted octanol–water partition coefficient (Wildman–Crippen LogP) is 5.84. The molecule has 0 amide bonds. The van der Waals surface area contributed by atoms with E-state index in [2.05, 4.69) is 20.7 Å². The van der Waals surface area contributed by atoms with Gasteiger partial charge in [0.15, 0.2) is 5.75 Å². The average molecular weight is 396 g/mol. The Morgan fingerprint density at radius 3 is 2.15 bits per heavy atom. The van der Waals surface area contributed by atoms with Crippen molar-refractivity contribution in [1.82, 2.24) is 0 Å². The van der Waals surface area contributed by atoms with Crippen molar-refractivity contribution in [2.75, 3.05) is 11.9 Å². The lowest BCUT2D eigenvalue weighted by atomic mass is 10.2. The number of halogens is 6. The molecule has 0 fully saturated rings. The first-order valence-electron chi connectivity index (χ1n) is 5.77. The van der Waals surface area contributed by atoms with E-state index in [1.807, 2.05) is 0 Å². The Labute approximate surface area is 133 Å². The van der Waals surface area contributed by atoms with Crippen molar-refractivity contribution >= 4 is 39.1 Å². The second-order valence-corrected chi connectivity index (χ2v) is 5.47. The summed E-state index contributed by atoms with van der Waals surface area (Å²) in [5, 5.41) is 0.882. The number of unbranched alkanes of at least 4 members (excludes halogenated alkanes) is 2. The molecule has 0 heterocycles. The predicted molar refractivity (Wildman–Crippen MR) is 76.3 cm³/mol. The van der Waals surface area contributed by atoms with Gasteiger partial charge in [-0.15, -0.1) is 13.2 Å². The van der Waals surface area contributed by atoms with Crippen LogP contribution in [-0.2, 0) is 0 Å². The molecule has 0 radical (unpaired) electrons. The van der Waals surface area contributed by atoms with E-state index < -0.39 is 12.1 Å². The summed E-state index contributed by atoms with van der Waals surface area (Å²) >= 11 is 15.0. The minimum Gasteiger partial charge on any atom is -0.490 e. The molecule has 0 aromatic heterocycles. The lowest BCUT2D eigenvalue weighted by molar-refractivity contribution is -0.274. The number of hydrogen-bond donors (Lipinski definition) is 0. The summed E-state index contributed by atoms with van der Waals surface area (Å²) in [6.07, 6.45) is -2.00. The maximum absolute atomic E-state index is 12.1. The average Bonchev–Trinajstić information content (AvgIpc) is 2.29. The molecule has 8 heteroatoms. The topological polar surface area (TPSA) is 18.5 Å². The Kier molecular flexibility index (Phi) is 7.26. The molecule has 0 aliphatic heterocycles. The molecule has 1 aromatic rings. The van der Waals surface area contributed by atoms with Crippen LogP contribution in [0.15, 0.2) is 12.1 Å². The molecule has 1 rings (SSSR count). The van der Waals surface area contributed by atoms with Gasteiger partial charge < -0.3 is 9.47 Å². The minimum atomic E-state index is -4.79. The van der Waals surface area contributed by atoms with Gasteiger partial charge in [0.05, 0.1) is 16.7 Å². The largest absolute Gasteiger partial charge is 0.573 e. The number of ether oxygens (including phenoxy) is 2. The van der Waals surface area contributed by atoms with Crippen LogP contribution in [0.2, 0.25) is 10.0 Å². The standard InChI is InChI=1S/C12H12BrCl2F3O2/c13-4-2-1-3-5-19-11-9(14)6-8(7-10(11)15)20-12(16,17)18/h6-7H,1-5H2. The molecule has 0 aliphatic carbocycles. The van der Waals surface area contributed by atoms with Crippen molar-refractivity contribution in [2.45, 2.75) is 25.6 Å². The number of rotatable bonds is 7. The van der Waals surface area contributed by atoms with E-state index in [0.29, 0.717) is 6.61 Å². The summed E-state index contributed by atoms with van der Waals surface area (Å²) in [7, 11) is 0. The van der Waals surface area contributed by atoms with Crippen LogP contribution >= 0.6 is 39.1 Å². The monoisotopic (exact) mass is 394 g/mol. The lowest BCUT2D eigenvalue weighted by Gasteiger charge is -2.13. The van der Waals surface area contributed by atoms with Gasteiger partial charge in [-0.1, -0.05) is 39.1 Å². The molecule has 0 aliphatic rings. The van der Waals surface area contributed by atoms with Gasteiger partial charge in [-0.2, -0.15) is 0 Å². The quantitative estimate of drug-likeness (QED) is 0.426. The molecule has 1 aromatic carbocycles. The van der Waals surface area contributed by atoms with Gasteiger partial charge >= 0.3 is 6.36 Å². The van der Waals surface area contributed by atoms with Crippen molar-refractivity contribution in [3.63, 3.8) is 0 Å². The Hall–Kier alpha value is -0.330. The third kappa shape index (κ3) is 6.41. The highest BCUT2D eigenvalue weighted by atomic mass is 79.9. The fourth-order valence-corrected chi connectivity index (χ4v) is 2.39. The molecule has 0 spiro atoms. The molecule has 0 bridgehead atoms. The molecule has 2 nitrogen and oxygen atoms in total. The molecule has 114 valence electrons. The molecule has 0 atom stereocenters. The van der Waals surface area contributed by atoms with Crippen LogP contribution < -0.4 is 9.47 Å². The van der Waals surface area contributed by atoms with Gasteiger partial charge in [0.2, 0.25) is 0 Å². The highest BCUT2D eigenvalue weighted by molar-refractivity contribution is 9.09. The molecule has 0 N–H and O–H groups in total. The summed E-state index contributed by atoms with van der Waals surface area (Å²) in [4.78, 5) is 0. The molecule has 0 unspecified atom stereocenters. The van der Waals surface area contributed by atoms with Crippen molar-refractivity contribution in [2.24, 2.45) is 0 Å². The number of hydrogen-bond acceptors (Lipinski definition) is 2. The Morgan fingerprint density at radius 1 is 1.05 bits per heavy atom. The first-order valence-corrected chi connectivity index (χ1v) is 7.65. The zero-order chi connectivity index (χ0) is 15.2. The van der Waals surface area contributed by atoms with E-state index in [4.69, 9.17) is 27.9 Å². The molecule has 0 saturated carbocycles. The zero-order valence-electron chi connectivity index (χ0n) is 10.3. The van der Waals surface area contributed by atoms with Crippen molar-refractivity contribution < 1.29 is 22.6 Å². The second-order valence-electron chi connectivity index (χ2n) is 3.86. The smallest absolute Gasteiger partial charge is 0.490 e. The number of alkyl halides is 4. The van der Waals surface area contributed by atoms with Crippen LogP contribution in [-0.4, -0.2) is 18.3 Å². The lowest BCUT2D eigenvalue weighted by Crippen LogP contribution is -2.17. The van der Waals surface area contributed by atoms with E-state index in [1.54, 1.807) is 0 Å². The second kappa shape index (κ2) is 8.20. The van der Waals surface area contributed by atoms with E-state index in [1.165, 1.54) is 0 Å². The van der Waals surface area contributed by atoms with Gasteiger partial charge in [-0.3, -0.25) is 0 Å². The zero-order valence-corrected chi connectivity index (χ0v) is 13.4. The van der Waals surface area contributed by atoms with Crippen LogP contribution in [0, 0.1) is 0 Å². The molecular weight excluding hydrogens is 384 g/mol. The van der Waals surface area contributed by atoms with Gasteiger partial charge in [0.1, 0.15) is 5.75 Å². The maximum Gasteiger partial charge on any atom is 0.573 e. The van der Waals surface area contributed by atoms with Crippen LogP contribution in [0.25, 0.3) is 0 Å². The normalized spacial score (nSPS) is 11.5. The van der Waals surface area contributed by atoms with Crippen LogP contribution in [0.5, 0.6) is 11.5 Å². The van der Waals surface area contributed by atoms with Crippen LogP contribution in [0.1, 0.15) is 19.3 Å². The highest BCUT2D eigenvalue weighted by Gasteiger charge is 2.31. The van der Waals surface area contributed by atoms with Crippen molar-refractivity contribution in [1.29, 1.82) is 0 Å². The first kappa shape index (κ1) is 17.7. The Bertz CT molecular complexity index is 418. The summed E-state index contributed by atoms with van der Waals surface area (Å²) < 4.78 is 45.4.